The van der Waals surface area contributed by atoms with Gasteiger partial charge in [-0.15, -0.1) is 0 Å². The number of nitrogens with zero attached hydrogens (tertiary/aromatic N) is 1. The molecule has 250 valence electrons. The number of esters is 1. The Morgan fingerprint density at radius 3 is 2.27 bits per heavy atom. The number of ether oxygens (including phenoxy) is 1. The number of hydrogen-bond acceptors (Lipinski definition) is 4. The zero-order valence-electron chi connectivity index (χ0n) is 29.9. The van der Waals surface area contributed by atoms with Crippen molar-refractivity contribution in [2.75, 3.05) is 33.3 Å². The van der Waals surface area contributed by atoms with E-state index in [0.717, 1.165) is 23.7 Å². The Balaban J connectivity index is 1.20. The Morgan fingerprint density at radius 1 is 0.844 bits per heavy atom. The first kappa shape index (κ1) is 33.3. The summed E-state index contributed by atoms with van der Waals surface area (Å²) in [7, 11) is 1.46. The second-order valence-electron chi connectivity index (χ2n) is 17.1. The molecule has 4 heteroatoms. The highest BCUT2D eigenvalue weighted by Gasteiger charge is 2.65. The first-order chi connectivity index (χ1) is 21.5. The van der Waals surface area contributed by atoms with Crippen LogP contribution in [0.3, 0.4) is 0 Å². The Morgan fingerprint density at radius 2 is 1.58 bits per heavy atom. The van der Waals surface area contributed by atoms with Gasteiger partial charge in [-0.2, -0.15) is 0 Å². The molecule has 4 nitrogen and oxygen atoms in total. The second kappa shape index (κ2) is 12.8. The molecular weight excluding hydrogens is 552 g/mol. The van der Waals surface area contributed by atoms with Crippen LogP contribution in [0.1, 0.15) is 135 Å². The van der Waals surface area contributed by atoms with Crippen molar-refractivity contribution < 1.29 is 9.53 Å². The summed E-state index contributed by atoms with van der Waals surface area (Å²) in [6.07, 6.45) is 19.1. The molecule has 8 atom stereocenters. The topological polar surface area (TPSA) is 41.6 Å². The fourth-order valence-electron chi connectivity index (χ4n) is 13.0. The Kier molecular flexibility index (Phi) is 9.43. The van der Waals surface area contributed by atoms with Gasteiger partial charge in [0.2, 0.25) is 0 Å². The van der Waals surface area contributed by atoms with E-state index in [1.165, 1.54) is 121 Å². The molecular formula is C41H64N2O2. The third-order valence-electron chi connectivity index (χ3n) is 14.7. The molecule has 1 aromatic rings. The number of hydrogen-bond donors (Lipinski definition) is 1. The van der Waals surface area contributed by atoms with Crippen molar-refractivity contribution in [1.82, 2.24) is 10.2 Å². The van der Waals surface area contributed by atoms with Crippen molar-refractivity contribution in [3.63, 3.8) is 0 Å². The smallest absolute Gasteiger partial charge is 0.337 e. The van der Waals surface area contributed by atoms with Gasteiger partial charge in [0.05, 0.1) is 12.7 Å². The van der Waals surface area contributed by atoms with E-state index in [2.05, 4.69) is 70.0 Å². The van der Waals surface area contributed by atoms with Crippen LogP contribution in [0.2, 0.25) is 0 Å². The van der Waals surface area contributed by atoms with Crippen LogP contribution >= 0.6 is 0 Å². The van der Waals surface area contributed by atoms with Crippen LogP contribution in [0.15, 0.2) is 30.3 Å². The average Bonchev–Trinajstić information content (AvgIpc) is 3.45. The molecule has 0 bridgehead atoms. The van der Waals surface area contributed by atoms with Gasteiger partial charge in [0.25, 0.3) is 0 Å². The van der Waals surface area contributed by atoms with Crippen molar-refractivity contribution in [1.29, 1.82) is 0 Å². The van der Waals surface area contributed by atoms with Gasteiger partial charge in [0, 0.05) is 18.6 Å². The van der Waals surface area contributed by atoms with Gasteiger partial charge in [-0.3, -0.25) is 0 Å². The highest BCUT2D eigenvalue weighted by Crippen LogP contribution is 2.72. The van der Waals surface area contributed by atoms with Crippen molar-refractivity contribution in [3.05, 3.63) is 41.5 Å². The minimum absolute atomic E-state index is 0.110. The summed E-state index contributed by atoms with van der Waals surface area (Å²) in [4.78, 5) is 14.8. The van der Waals surface area contributed by atoms with E-state index in [4.69, 9.17) is 4.74 Å². The number of methoxy groups -OCH3 is 1. The molecule has 5 aliphatic rings. The first-order valence-corrected chi connectivity index (χ1v) is 18.9. The van der Waals surface area contributed by atoms with Crippen molar-refractivity contribution in [2.24, 2.45) is 45.8 Å². The molecule has 7 unspecified atom stereocenters. The Hall–Kier alpha value is -1.65. The normalized spacial score (nSPS) is 38.5. The van der Waals surface area contributed by atoms with Gasteiger partial charge in [-0.1, -0.05) is 66.2 Å². The minimum atomic E-state index is -0.257. The van der Waals surface area contributed by atoms with E-state index in [1.54, 1.807) is 0 Å². The van der Waals surface area contributed by atoms with Crippen molar-refractivity contribution in [2.45, 2.75) is 124 Å². The van der Waals surface area contributed by atoms with Crippen LogP contribution in [0, 0.1) is 45.8 Å². The largest absolute Gasteiger partial charge is 0.465 e. The van der Waals surface area contributed by atoms with Gasteiger partial charge in [-0.05, 0) is 153 Å². The maximum atomic E-state index is 12.1. The molecule has 4 fully saturated rings. The lowest BCUT2D eigenvalue weighted by atomic mass is 9.37. The van der Waals surface area contributed by atoms with Crippen LogP contribution in [-0.4, -0.2) is 49.7 Å². The monoisotopic (exact) mass is 616 g/mol. The number of allylic oxidation sites excluding steroid dienone is 2. The molecule has 0 amide bonds. The molecule has 0 heterocycles. The first-order valence-electron chi connectivity index (χ1n) is 18.9. The summed E-state index contributed by atoms with van der Waals surface area (Å²) < 4.78 is 4.96. The zero-order valence-corrected chi connectivity index (χ0v) is 29.9. The number of nitrogens with one attached hydrogen (secondary N) is 1. The summed E-state index contributed by atoms with van der Waals surface area (Å²) in [5.74, 6) is 3.92. The summed E-state index contributed by atoms with van der Waals surface area (Å²) in [5.41, 5.74) is 4.72. The lowest BCUT2D eigenvalue weighted by Gasteiger charge is -2.68. The fourth-order valence-corrected chi connectivity index (χ4v) is 13.0. The van der Waals surface area contributed by atoms with Crippen LogP contribution < -0.4 is 5.32 Å². The predicted octanol–water partition coefficient (Wildman–Crippen LogP) is 9.40. The van der Waals surface area contributed by atoms with Gasteiger partial charge < -0.3 is 15.0 Å². The van der Waals surface area contributed by atoms with Gasteiger partial charge in [0.1, 0.15) is 0 Å². The van der Waals surface area contributed by atoms with Crippen LogP contribution in [0.25, 0.3) is 5.57 Å². The number of carbonyl (C=O) groups excluding carboxylic acids is 1. The molecule has 0 radical (unpaired) electrons. The molecule has 5 aliphatic carbocycles. The number of carbonyl (C=O) groups is 1. The predicted molar refractivity (Wildman–Crippen MR) is 187 cm³/mol. The quantitative estimate of drug-likeness (QED) is 0.266. The Labute approximate surface area is 275 Å². The molecule has 0 spiro atoms. The SMILES string of the molecule is CCCN(CCC)CCNC12CCC[C@@H]1C1CCC3C(C)(CCC4C(C)(C)C(c5ccc(C(=O)OC)cc5)=CCC43C)C1CC2. The third-order valence-corrected chi connectivity index (χ3v) is 14.7. The van der Waals surface area contributed by atoms with E-state index >= 15 is 0 Å². The summed E-state index contributed by atoms with van der Waals surface area (Å²) in [6, 6.07) is 8.18. The number of fused-ring (bicyclic) bond motifs is 7. The van der Waals surface area contributed by atoms with E-state index in [0.29, 0.717) is 27.9 Å². The molecule has 0 aliphatic heterocycles. The third kappa shape index (κ3) is 5.56. The maximum Gasteiger partial charge on any atom is 0.337 e. The molecule has 1 aromatic carbocycles. The molecule has 45 heavy (non-hydrogen) atoms. The minimum Gasteiger partial charge on any atom is -0.465 e. The van der Waals surface area contributed by atoms with Gasteiger partial charge in [0.15, 0.2) is 0 Å². The van der Waals surface area contributed by atoms with Crippen LogP contribution in [0.4, 0.5) is 0 Å². The lowest BCUT2D eigenvalue weighted by Crippen LogP contribution is -2.63. The summed E-state index contributed by atoms with van der Waals surface area (Å²) in [5, 5.41) is 4.28. The number of benzene rings is 1. The van der Waals surface area contributed by atoms with E-state index < -0.39 is 0 Å². The molecule has 0 saturated heterocycles. The fraction of sp³-hybridized carbons (Fsp3) is 0.780. The molecule has 0 aromatic heterocycles. The molecule has 6 rings (SSSR count). The highest BCUT2D eigenvalue weighted by molar-refractivity contribution is 5.89. The van der Waals surface area contributed by atoms with Crippen LogP contribution in [0.5, 0.6) is 0 Å². The second-order valence-corrected chi connectivity index (χ2v) is 17.1. The zero-order chi connectivity index (χ0) is 32.0. The van der Waals surface area contributed by atoms with Crippen LogP contribution in [-0.2, 0) is 4.74 Å². The van der Waals surface area contributed by atoms with Crippen molar-refractivity contribution in [3.8, 4) is 0 Å². The van der Waals surface area contributed by atoms with Gasteiger partial charge in [-0.25, -0.2) is 4.79 Å². The summed E-state index contributed by atoms with van der Waals surface area (Å²) in [6.45, 7) is 20.0. The average molecular weight is 617 g/mol. The maximum absolute atomic E-state index is 12.1. The highest BCUT2D eigenvalue weighted by atomic mass is 16.5. The van der Waals surface area contributed by atoms with Gasteiger partial charge >= 0.3 is 5.97 Å². The molecule has 1 N–H and O–H groups in total. The lowest BCUT2D eigenvalue weighted by molar-refractivity contribution is -0.172. The summed E-state index contributed by atoms with van der Waals surface area (Å²) >= 11 is 0. The van der Waals surface area contributed by atoms with E-state index in [-0.39, 0.29) is 11.4 Å². The Bertz CT molecular complexity index is 1230. The van der Waals surface area contributed by atoms with E-state index in [1.807, 2.05) is 12.1 Å². The van der Waals surface area contributed by atoms with Crippen molar-refractivity contribution >= 4 is 11.5 Å². The number of rotatable bonds is 10. The standard InChI is InChI=1S/C41H64N2O2/c1-8-26-43(27-9-2)28-25-42-41-21-10-11-34(41)31-16-17-36-39(5,33(31)19-24-41)23-20-35-38(3,4)32(18-22-40(35,36)6)29-12-14-30(15-13-29)37(44)45-7/h12-15,18,31,33-36,42H,8-11,16-17,19-28H2,1-7H3/t31?,33?,34-,35?,36?,39?,40?,41?/m1/s1. The molecule has 4 saturated carbocycles. The van der Waals surface area contributed by atoms with E-state index in [9.17, 15) is 4.79 Å².